The number of carbonyl (C=O) groups is 4. The van der Waals surface area contributed by atoms with Crippen molar-refractivity contribution in [3.63, 3.8) is 0 Å². The summed E-state index contributed by atoms with van der Waals surface area (Å²) in [5, 5.41) is 10.9. The fraction of sp³-hybridized carbons (Fsp3) is 0.556. The molecule has 1 N–H and O–H groups in total. The summed E-state index contributed by atoms with van der Waals surface area (Å²) < 4.78 is 0.651. The van der Waals surface area contributed by atoms with E-state index in [1.807, 2.05) is 6.08 Å². The van der Waals surface area contributed by atoms with Crippen LogP contribution in [-0.2, 0) is 19.2 Å². The lowest BCUT2D eigenvalue weighted by atomic mass is 9.56. The molecule has 0 spiro atoms. The Bertz CT molecular complexity index is 1280. The number of aromatic hydroxyl groups is 1. The molecule has 37 heavy (non-hydrogen) atoms. The zero-order valence-electron chi connectivity index (χ0n) is 20.3. The number of alkyl halides is 2. The van der Waals surface area contributed by atoms with Gasteiger partial charge >= 0.3 is 0 Å². The molecule has 4 fully saturated rings. The molecule has 196 valence electrons. The highest BCUT2D eigenvalue weighted by atomic mass is 79.9. The molecule has 6 atom stereocenters. The number of hydrogen-bond acceptors (Lipinski definition) is 5. The lowest BCUT2D eigenvalue weighted by Gasteiger charge is -2.50. The van der Waals surface area contributed by atoms with Crippen LogP contribution in [0.5, 0.6) is 5.75 Å². The van der Waals surface area contributed by atoms with E-state index < -0.39 is 45.2 Å². The highest BCUT2D eigenvalue weighted by molar-refractivity contribution is 9.10. The third-order valence-corrected chi connectivity index (χ3v) is 11.2. The number of fused-ring (bicyclic) bond motifs is 4. The van der Waals surface area contributed by atoms with Crippen molar-refractivity contribution in [3.8, 4) is 5.75 Å². The van der Waals surface area contributed by atoms with Crippen LogP contribution >= 0.6 is 39.1 Å². The van der Waals surface area contributed by atoms with Gasteiger partial charge in [0.1, 0.15) is 5.75 Å². The van der Waals surface area contributed by atoms with Crippen molar-refractivity contribution in [2.75, 3.05) is 7.05 Å². The van der Waals surface area contributed by atoms with E-state index in [1.54, 1.807) is 12.1 Å². The minimum Gasteiger partial charge on any atom is -0.508 e. The molecule has 0 aromatic heterocycles. The van der Waals surface area contributed by atoms with Crippen LogP contribution in [0.1, 0.15) is 56.4 Å². The van der Waals surface area contributed by atoms with Crippen molar-refractivity contribution in [1.29, 1.82) is 0 Å². The maximum Gasteiger partial charge on any atom is 0.253 e. The average molecular weight is 610 g/mol. The molecule has 2 saturated carbocycles. The molecular weight excluding hydrogens is 583 g/mol. The Labute approximate surface area is 233 Å². The third-order valence-electron chi connectivity index (χ3n) is 9.29. The van der Waals surface area contributed by atoms with Crippen LogP contribution in [0, 0.1) is 17.8 Å². The number of phenols is 1. The molecule has 1 aromatic rings. The molecule has 0 bridgehead atoms. The molecule has 6 rings (SSSR count). The molecule has 10 heteroatoms. The summed E-state index contributed by atoms with van der Waals surface area (Å²) in [4.78, 5) is 53.2. The number of imide groups is 2. The summed E-state index contributed by atoms with van der Waals surface area (Å²) in [5.41, 5.74) is 1.03. The Kier molecular flexibility index (Phi) is 5.87. The first-order valence-electron chi connectivity index (χ1n) is 12.8. The number of rotatable bonds is 2. The zero-order valence-corrected chi connectivity index (χ0v) is 23.4. The van der Waals surface area contributed by atoms with Crippen molar-refractivity contribution in [2.24, 2.45) is 17.8 Å². The fourth-order valence-electron chi connectivity index (χ4n) is 7.57. The second kappa shape index (κ2) is 8.55. The highest BCUT2D eigenvalue weighted by Crippen LogP contribution is 2.66. The Hall–Kier alpha value is -1.90. The van der Waals surface area contributed by atoms with E-state index in [2.05, 4.69) is 15.9 Å². The van der Waals surface area contributed by atoms with E-state index in [-0.39, 0.29) is 30.0 Å². The minimum absolute atomic E-state index is 0.0389. The summed E-state index contributed by atoms with van der Waals surface area (Å²) in [6, 6.07) is 4.72. The Balaban J connectivity index is 1.51. The molecule has 5 aliphatic rings. The van der Waals surface area contributed by atoms with Gasteiger partial charge < -0.3 is 5.11 Å². The van der Waals surface area contributed by atoms with Gasteiger partial charge in [0.15, 0.2) is 9.75 Å². The topological polar surface area (TPSA) is 95.0 Å². The number of phenolic OH excluding ortho intramolecular Hbond substituents is 1. The molecule has 2 aliphatic heterocycles. The number of carbonyl (C=O) groups excluding carboxylic acids is 4. The average Bonchev–Trinajstić information content (AvgIpc) is 3.21. The summed E-state index contributed by atoms with van der Waals surface area (Å²) in [5.74, 6) is -4.49. The minimum atomic E-state index is -1.90. The van der Waals surface area contributed by atoms with Gasteiger partial charge in [-0.1, -0.05) is 46.8 Å². The SMILES string of the molecule is CN1C(=O)C2(Cl)CC3C(=CCC4C(=O)N(C5CCCCC5)C(=O)C43)C(c3cc(Br)ccc3O)C2(Cl)C1=O. The van der Waals surface area contributed by atoms with E-state index in [0.717, 1.165) is 37.0 Å². The van der Waals surface area contributed by atoms with Crippen LogP contribution < -0.4 is 0 Å². The summed E-state index contributed by atoms with van der Waals surface area (Å²) >= 11 is 17.7. The molecule has 2 saturated heterocycles. The Morgan fingerprint density at radius 2 is 1.70 bits per heavy atom. The van der Waals surface area contributed by atoms with E-state index in [9.17, 15) is 24.3 Å². The molecule has 1 aromatic carbocycles. The Morgan fingerprint density at radius 3 is 2.41 bits per heavy atom. The smallest absolute Gasteiger partial charge is 0.253 e. The molecular formula is C27H27BrCl2N2O5. The first kappa shape index (κ1) is 25.4. The first-order chi connectivity index (χ1) is 17.5. The van der Waals surface area contributed by atoms with E-state index in [1.165, 1.54) is 18.0 Å². The van der Waals surface area contributed by atoms with Crippen LogP contribution in [0.25, 0.3) is 0 Å². The van der Waals surface area contributed by atoms with Crippen molar-refractivity contribution in [3.05, 3.63) is 39.9 Å². The van der Waals surface area contributed by atoms with Crippen LogP contribution in [-0.4, -0.2) is 61.4 Å². The highest BCUT2D eigenvalue weighted by Gasteiger charge is 2.76. The predicted octanol–water partition coefficient (Wildman–Crippen LogP) is 4.48. The molecule has 3 aliphatic carbocycles. The second-order valence-corrected chi connectivity index (χ2v) is 13.2. The van der Waals surface area contributed by atoms with Crippen LogP contribution in [0.4, 0.5) is 0 Å². The van der Waals surface area contributed by atoms with Gasteiger partial charge in [-0.3, -0.25) is 29.0 Å². The maximum atomic E-state index is 13.9. The summed E-state index contributed by atoms with van der Waals surface area (Å²) in [6.45, 7) is 0. The third kappa shape index (κ3) is 3.24. The largest absolute Gasteiger partial charge is 0.508 e. The van der Waals surface area contributed by atoms with Crippen LogP contribution in [0.2, 0.25) is 0 Å². The molecule has 6 unspecified atom stereocenters. The summed E-state index contributed by atoms with van der Waals surface area (Å²) in [6.07, 6.45) is 6.86. The lowest BCUT2D eigenvalue weighted by Crippen LogP contribution is -2.60. The maximum absolute atomic E-state index is 13.9. The summed E-state index contributed by atoms with van der Waals surface area (Å²) in [7, 11) is 1.35. The predicted molar refractivity (Wildman–Crippen MR) is 140 cm³/mol. The number of benzene rings is 1. The normalized spacial score (nSPS) is 38.0. The van der Waals surface area contributed by atoms with Crippen molar-refractivity contribution in [1.82, 2.24) is 9.80 Å². The molecule has 2 heterocycles. The van der Waals surface area contributed by atoms with Crippen LogP contribution in [0.15, 0.2) is 34.3 Å². The second-order valence-electron chi connectivity index (χ2n) is 11.0. The van der Waals surface area contributed by atoms with Crippen LogP contribution in [0.3, 0.4) is 0 Å². The fourth-order valence-corrected chi connectivity index (χ4v) is 8.96. The van der Waals surface area contributed by atoms with Gasteiger partial charge in [0, 0.05) is 29.0 Å². The van der Waals surface area contributed by atoms with Gasteiger partial charge in [0.05, 0.1) is 11.8 Å². The van der Waals surface area contributed by atoms with Gasteiger partial charge in [-0.05, 0) is 49.8 Å². The standard InChI is InChI=1S/C27H27BrCl2N2O5/c1-31-24(36)26(29)12-18-15(21(27(26,30)25(31)37)17-11-13(28)7-10-19(17)33)8-9-16-20(18)23(35)32(22(16)34)14-5-3-2-4-6-14/h7-8,10-11,14,16,18,20-21,33H,2-6,9,12H2,1H3. The monoisotopic (exact) mass is 608 g/mol. The van der Waals surface area contributed by atoms with Gasteiger partial charge in [0.2, 0.25) is 11.8 Å². The number of halogens is 3. The number of allylic oxidation sites excluding steroid dienone is 2. The zero-order chi connectivity index (χ0) is 26.4. The molecule has 7 nitrogen and oxygen atoms in total. The van der Waals surface area contributed by atoms with E-state index in [4.69, 9.17) is 23.2 Å². The first-order valence-corrected chi connectivity index (χ1v) is 14.3. The van der Waals surface area contributed by atoms with E-state index >= 15 is 0 Å². The van der Waals surface area contributed by atoms with Crippen molar-refractivity contribution >= 4 is 62.8 Å². The Morgan fingerprint density at radius 1 is 1.00 bits per heavy atom. The molecule has 0 radical (unpaired) electrons. The number of amides is 4. The van der Waals surface area contributed by atoms with Gasteiger partial charge in [-0.25, -0.2) is 0 Å². The number of likely N-dealkylation sites (tertiary alicyclic amines) is 2. The number of nitrogens with zero attached hydrogens (tertiary/aromatic N) is 2. The number of hydrogen-bond donors (Lipinski definition) is 1. The quantitative estimate of drug-likeness (QED) is 0.303. The van der Waals surface area contributed by atoms with Crippen molar-refractivity contribution < 1.29 is 24.3 Å². The van der Waals surface area contributed by atoms with E-state index in [0.29, 0.717) is 22.0 Å². The lowest BCUT2D eigenvalue weighted by molar-refractivity contribution is -0.144. The molecule has 4 amide bonds. The van der Waals surface area contributed by atoms with Crippen molar-refractivity contribution in [2.45, 2.75) is 66.7 Å². The van der Waals surface area contributed by atoms with Gasteiger partial charge in [0.25, 0.3) is 11.8 Å². The van der Waals surface area contributed by atoms with Gasteiger partial charge in [-0.15, -0.1) is 23.2 Å². The van der Waals surface area contributed by atoms with Gasteiger partial charge in [-0.2, -0.15) is 0 Å².